The minimum Gasteiger partial charge on any atom is -0.456 e. The molecule has 0 aliphatic heterocycles. The first-order valence-corrected chi connectivity index (χ1v) is 7.16. The Morgan fingerprint density at radius 1 is 1.26 bits per heavy atom. The third-order valence-corrected chi connectivity index (χ3v) is 3.38. The van der Waals surface area contributed by atoms with Crippen LogP contribution in [0.15, 0.2) is 47.2 Å². The van der Waals surface area contributed by atoms with Gasteiger partial charge >= 0.3 is 0 Å². The maximum atomic E-state index is 5.73. The number of rotatable bonds is 6. The fourth-order valence-electron chi connectivity index (χ4n) is 1.68. The summed E-state index contributed by atoms with van der Waals surface area (Å²) in [6, 6.07) is 9.76. The molecule has 2 aromatic rings. The first kappa shape index (κ1) is 14.0. The van der Waals surface area contributed by atoms with Gasteiger partial charge in [0, 0.05) is 17.2 Å². The molecule has 0 aliphatic rings. The van der Waals surface area contributed by atoms with E-state index in [-0.39, 0.29) is 0 Å². The van der Waals surface area contributed by atoms with Gasteiger partial charge in [0.15, 0.2) is 0 Å². The van der Waals surface area contributed by atoms with E-state index in [0.29, 0.717) is 0 Å². The molecule has 0 spiro atoms. The summed E-state index contributed by atoms with van der Waals surface area (Å²) in [5.41, 5.74) is 1.23. The van der Waals surface area contributed by atoms with Crippen LogP contribution in [0.5, 0.6) is 11.5 Å². The van der Waals surface area contributed by atoms with E-state index in [9.17, 15) is 0 Å². The summed E-state index contributed by atoms with van der Waals surface area (Å²) >= 11 is 3.58. The molecule has 2 rings (SSSR count). The highest BCUT2D eigenvalue weighted by molar-refractivity contribution is 9.10. The lowest BCUT2D eigenvalue weighted by Crippen LogP contribution is -2.14. The van der Waals surface area contributed by atoms with Gasteiger partial charge in [0.1, 0.15) is 11.5 Å². The molecule has 0 saturated heterocycles. The molecule has 1 heterocycles. The van der Waals surface area contributed by atoms with E-state index in [1.54, 1.807) is 12.4 Å². The van der Waals surface area contributed by atoms with Gasteiger partial charge in [-0.2, -0.15) is 0 Å². The van der Waals surface area contributed by atoms with Crippen LogP contribution in [0.1, 0.15) is 18.9 Å². The van der Waals surface area contributed by atoms with Crippen molar-refractivity contribution >= 4 is 15.9 Å². The zero-order valence-electron chi connectivity index (χ0n) is 10.9. The van der Waals surface area contributed by atoms with Crippen molar-refractivity contribution in [2.75, 3.05) is 6.54 Å². The predicted octanol–water partition coefficient (Wildman–Crippen LogP) is 4.14. The van der Waals surface area contributed by atoms with Crippen molar-refractivity contribution in [3.05, 3.63) is 52.8 Å². The van der Waals surface area contributed by atoms with Crippen molar-refractivity contribution in [1.82, 2.24) is 10.3 Å². The van der Waals surface area contributed by atoms with Gasteiger partial charge in [0.05, 0.1) is 6.20 Å². The third-order valence-electron chi connectivity index (χ3n) is 2.64. The average Bonchev–Trinajstić information content (AvgIpc) is 2.43. The van der Waals surface area contributed by atoms with Gasteiger partial charge in [0.25, 0.3) is 0 Å². The standard InChI is InChI=1S/C15H17BrN2O/c1-2-7-17-10-12-5-6-13(9-15(12)16)19-14-4-3-8-18-11-14/h3-6,8-9,11,17H,2,7,10H2,1H3. The van der Waals surface area contributed by atoms with E-state index >= 15 is 0 Å². The molecular weight excluding hydrogens is 304 g/mol. The summed E-state index contributed by atoms with van der Waals surface area (Å²) in [6.45, 7) is 4.05. The summed E-state index contributed by atoms with van der Waals surface area (Å²) in [5, 5.41) is 3.38. The molecule has 0 bridgehead atoms. The molecule has 0 saturated carbocycles. The molecule has 4 heteroatoms. The minimum absolute atomic E-state index is 0.742. The van der Waals surface area contributed by atoms with E-state index in [4.69, 9.17) is 4.74 Å². The molecule has 1 N–H and O–H groups in total. The van der Waals surface area contributed by atoms with Gasteiger partial charge in [-0.25, -0.2) is 0 Å². The van der Waals surface area contributed by atoms with Crippen LogP contribution >= 0.6 is 15.9 Å². The fraction of sp³-hybridized carbons (Fsp3) is 0.267. The average molecular weight is 321 g/mol. The van der Waals surface area contributed by atoms with Gasteiger partial charge < -0.3 is 10.1 Å². The Morgan fingerprint density at radius 2 is 2.16 bits per heavy atom. The summed E-state index contributed by atoms with van der Waals surface area (Å²) in [7, 11) is 0. The Morgan fingerprint density at radius 3 is 2.84 bits per heavy atom. The van der Waals surface area contributed by atoms with Crippen LogP contribution in [0, 0.1) is 0 Å². The summed E-state index contributed by atoms with van der Waals surface area (Å²) in [5.74, 6) is 1.55. The first-order valence-electron chi connectivity index (χ1n) is 6.36. The summed E-state index contributed by atoms with van der Waals surface area (Å²) < 4.78 is 6.78. The van der Waals surface area contributed by atoms with Crippen LogP contribution in [0.3, 0.4) is 0 Å². The van der Waals surface area contributed by atoms with E-state index in [2.05, 4.69) is 39.2 Å². The Balaban J connectivity index is 2.02. The number of nitrogens with one attached hydrogen (secondary N) is 1. The number of pyridine rings is 1. The fourth-order valence-corrected chi connectivity index (χ4v) is 2.18. The van der Waals surface area contributed by atoms with E-state index in [1.807, 2.05) is 24.3 Å². The van der Waals surface area contributed by atoms with Crippen LogP contribution in [0.2, 0.25) is 0 Å². The molecule has 19 heavy (non-hydrogen) atoms. The van der Waals surface area contributed by atoms with Crippen LogP contribution < -0.4 is 10.1 Å². The maximum Gasteiger partial charge on any atom is 0.145 e. The van der Waals surface area contributed by atoms with Crippen molar-refractivity contribution in [2.45, 2.75) is 19.9 Å². The summed E-state index contributed by atoms with van der Waals surface area (Å²) in [4.78, 5) is 4.02. The van der Waals surface area contributed by atoms with Crippen molar-refractivity contribution in [3.63, 3.8) is 0 Å². The quantitative estimate of drug-likeness (QED) is 0.812. The SMILES string of the molecule is CCCNCc1ccc(Oc2cccnc2)cc1Br. The lowest BCUT2D eigenvalue weighted by atomic mass is 10.2. The second-order valence-corrected chi connectivity index (χ2v) is 5.08. The molecule has 0 fully saturated rings. The molecule has 1 aromatic carbocycles. The number of nitrogens with zero attached hydrogens (tertiary/aromatic N) is 1. The molecule has 0 amide bonds. The highest BCUT2D eigenvalue weighted by atomic mass is 79.9. The number of benzene rings is 1. The van der Waals surface area contributed by atoms with E-state index in [1.165, 1.54) is 5.56 Å². The predicted molar refractivity (Wildman–Crippen MR) is 80.5 cm³/mol. The number of ether oxygens (including phenoxy) is 1. The number of halogens is 1. The highest BCUT2D eigenvalue weighted by Crippen LogP contribution is 2.26. The third kappa shape index (κ3) is 4.33. The topological polar surface area (TPSA) is 34.1 Å². The monoisotopic (exact) mass is 320 g/mol. The largest absolute Gasteiger partial charge is 0.456 e. The highest BCUT2D eigenvalue weighted by Gasteiger charge is 2.03. The molecule has 0 radical (unpaired) electrons. The second-order valence-electron chi connectivity index (χ2n) is 4.22. The maximum absolute atomic E-state index is 5.73. The van der Waals surface area contributed by atoms with Gasteiger partial charge in [-0.3, -0.25) is 4.98 Å². The zero-order chi connectivity index (χ0) is 13.5. The molecule has 100 valence electrons. The summed E-state index contributed by atoms with van der Waals surface area (Å²) in [6.07, 6.45) is 4.57. The number of aromatic nitrogens is 1. The molecule has 0 unspecified atom stereocenters. The van der Waals surface area contributed by atoms with Gasteiger partial charge in [-0.05, 0) is 42.8 Å². The van der Waals surface area contributed by atoms with Crippen LogP contribution in [-0.2, 0) is 6.54 Å². The van der Waals surface area contributed by atoms with Crippen molar-refractivity contribution in [2.24, 2.45) is 0 Å². The minimum atomic E-state index is 0.742. The van der Waals surface area contributed by atoms with Gasteiger partial charge in [-0.15, -0.1) is 0 Å². The lowest BCUT2D eigenvalue weighted by Gasteiger charge is -2.09. The van der Waals surface area contributed by atoms with E-state index in [0.717, 1.165) is 35.5 Å². The van der Waals surface area contributed by atoms with E-state index < -0.39 is 0 Å². The van der Waals surface area contributed by atoms with Gasteiger partial charge in [-0.1, -0.05) is 28.9 Å². The molecule has 0 atom stereocenters. The molecular formula is C15H17BrN2O. The van der Waals surface area contributed by atoms with Crippen molar-refractivity contribution in [1.29, 1.82) is 0 Å². The number of hydrogen-bond acceptors (Lipinski definition) is 3. The smallest absolute Gasteiger partial charge is 0.145 e. The van der Waals surface area contributed by atoms with Crippen molar-refractivity contribution in [3.8, 4) is 11.5 Å². The second kappa shape index (κ2) is 7.26. The van der Waals surface area contributed by atoms with Crippen LogP contribution in [-0.4, -0.2) is 11.5 Å². The zero-order valence-corrected chi connectivity index (χ0v) is 12.5. The first-order chi connectivity index (χ1) is 9.29. The Hall–Kier alpha value is -1.39. The van der Waals surface area contributed by atoms with Crippen LogP contribution in [0.4, 0.5) is 0 Å². The Kier molecular flexibility index (Phi) is 5.36. The Bertz CT molecular complexity index is 517. The Labute approximate surface area is 122 Å². The molecule has 0 aliphatic carbocycles. The van der Waals surface area contributed by atoms with Crippen LogP contribution in [0.25, 0.3) is 0 Å². The van der Waals surface area contributed by atoms with Crippen molar-refractivity contribution < 1.29 is 4.74 Å². The van der Waals surface area contributed by atoms with Gasteiger partial charge in [0.2, 0.25) is 0 Å². The normalized spacial score (nSPS) is 10.4. The number of hydrogen-bond donors (Lipinski definition) is 1. The lowest BCUT2D eigenvalue weighted by molar-refractivity contribution is 0.479. The molecule has 3 nitrogen and oxygen atoms in total. The molecule has 1 aromatic heterocycles.